The molecule has 87 heavy (non-hydrogen) atoms. The van der Waals surface area contributed by atoms with E-state index < -0.39 is 0 Å². The molecule has 0 spiro atoms. The Morgan fingerprint density at radius 3 is 1.03 bits per heavy atom. The first kappa shape index (κ1) is 61.9. The number of unbranched alkanes of at least 4 members (excludes halogenated alkanes) is 10. The molecule has 3 aliphatic carbocycles. The molecule has 8 aromatic rings. The number of rotatable bonds is 22. The second-order valence-electron chi connectivity index (χ2n) is 29.5. The van der Waals surface area contributed by atoms with Crippen molar-refractivity contribution in [1.82, 2.24) is 0 Å². The minimum atomic E-state index is -0.356. The summed E-state index contributed by atoms with van der Waals surface area (Å²) < 4.78 is 34.4. The largest absolute Gasteiger partial charge is 0.310 e. The summed E-state index contributed by atoms with van der Waals surface area (Å²) in [4.78, 5) is 4.88. The van der Waals surface area contributed by atoms with E-state index in [0.29, 0.717) is 0 Å². The molecule has 0 N–H and O–H groups in total. The van der Waals surface area contributed by atoms with Gasteiger partial charge in [-0.15, -0.1) is 0 Å². The number of halogens is 2. The van der Waals surface area contributed by atoms with Gasteiger partial charge < -0.3 is 9.80 Å². The first-order valence-corrected chi connectivity index (χ1v) is 33.4. The molecule has 11 rings (SSSR count). The Bertz CT molecular complexity index is 3530. The van der Waals surface area contributed by atoms with Gasteiger partial charge in [0, 0.05) is 39.3 Å². The molecule has 4 heteroatoms. The first-order chi connectivity index (χ1) is 41.5. The molecule has 0 saturated carbocycles. The van der Waals surface area contributed by atoms with Gasteiger partial charge in [0.2, 0.25) is 0 Å². The van der Waals surface area contributed by atoms with Crippen LogP contribution in [0.25, 0.3) is 33.4 Å². The van der Waals surface area contributed by atoms with Gasteiger partial charge in [0.15, 0.2) is 0 Å². The number of hydrogen-bond acceptors (Lipinski definition) is 2. The van der Waals surface area contributed by atoms with Gasteiger partial charge in [0.1, 0.15) is 11.6 Å². The fraction of sp³-hybridized carbons (Fsp3) is 0.422. The molecule has 0 bridgehead atoms. The summed E-state index contributed by atoms with van der Waals surface area (Å²) in [5.41, 5.74) is 17.5. The van der Waals surface area contributed by atoms with Crippen molar-refractivity contribution in [3.05, 3.63) is 215 Å². The van der Waals surface area contributed by atoms with Gasteiger partial charge in [0.25, 0.3) is 0 Å². The van der Waals surface area contributed by atoms with E-state index in [-0.39, 0.29) is 49.5 Å². The van der Waals surface area contributed by atoms with Crippen LogP contribution in [0.3, 0.4) is 0 Å². The van der Waals surface area contributed by atoms with E-state index in [1.54, 1.807) is 0 Å². The second kappa shape index (κ2) is 23.6. The molecule has 3 aliphatic rings. The minimum Gasteiger partial charge on any atom is -0.310 e. The smallest absolute Gasteiger partial charge is 0.127 e. The van der Waals surface area contributed by atoms with Crippen molar-refractivity contribution in [3.8, 4) is 33.4 Å². The van der Waals surface area contributed by atoms with Crippen molar-refractivity contribution in [3.63, 3.8) is 0 Å². The summed E-state index contributed by atoms with van der Waals surface area (Å²) >= 11 is 0. The molecular weight excluding hydrogens is 1060 g/mol. The Balaban J connectivity index is 1.10. The standard InChI is InChI=1S/C83H98F2N2/c1-15-17-19-21-23-35-49-83(50-36-24-22-20-18-16-2)67-55-61(86(59-37-27-25-28-38-59)73-43-33-31-41-63(73)57-51-69-75(71(84)53-57)79(7,8)81(11,12)77(69,3)4)45-47-65(67)66-48-46-62(56-68(66)83)87(60-39-29-26-30-40-60)74-44-34-32-42-64(74)58-52-70-76(72(85)54-58)80(9,10)82(13,14)78(70,5)6/h25-34,37-48,51-56H,15-24,35-36,49-50H2,1-14H3. The zero-order valence-corrected chi connectivity index (χ0v) is 55.2. The lowest BCUT2D eigenvalue weighted by atomic mass is 9.59. The molecule has 2 nitrogen and oxygen atoms in total. The van der Waals surface area contributed by atoms with Crippen LogP contribution >= 0.6 is 0 Å². The molecule has 0 aromatic heterocycles. The monoisotopic (exact) mass is 1160 g/mol. The Kier molecular flexibility index (Phi) is 16.8. The lowest BCUT2D eigenvalue weighted by Crippen LogP contribution is -2.42. The minimum absolute atomic E-state index is 0.125. The van der Waals surface area contributed by atoms with Crippen LogP contribution in [-0.4, -0.2) is 0 Å². The first-order valence-electron chi connectivity index (χ1n) is 33.4. The number of anilines is 6. The van der Waals surface area contributed by atoms with Gasteiger partial charge in [-0.2, -0.15) is 0 Å². The van der Waals surface area contributed by atoms with Gasteiger partial charge in [-0.05, 0) is 174 Å². The molecule has 0 radical (unpaired) electrons. The maximum atomic E-state index is 17.2. The van der Waals surface area contributed by atoms with Gasteiger partial charge in [0.05, 0.1) is 11.4 Å². The van der Waals surface area contributed by atoms with Crippen LogP contribution < -0.4 is 9.80 Å². The van der Waals surface area contributed by atoms with Gasteiger partial charge >= 0.3 is 0 Å². The summed E-state index contributed by atoms with van der Waals surface area (Å²) in [6.07, 6.45) is 16.7. The van der Waals surface area contributed by atoms with E-state index in [2.05, 4.69) is 264 Å². The van der Waals surface area contributed by atoms with Gasteiger partial charge in [-0.1, -0.05) is 271 Å². The van der Waals surface area contributed by atoms with Crippen molar-refractivity contribution in [1.29, 1.82) is 0 Å². The zero-order chi connectivity index (χ0) is 61.9. The predicted octanol–water partition coefficient (Wildman–Crippen LogP) is 25.2. The maximum Gasteiger partial charge on any atom is 0.127 e. The molecule has 0 amide bonds. The third-order valence-electron chi connectivity index (χ3n) is 23.7. The molecule has 0 aliphatic heterocycles. The van der Waals surface area contributed by atoms with E-state index in [9.17, 15) is 0 Å². The SMILES string of the molecule is CCCCCCCCC1(CCCCCCCC)c2cc(N(c3ccccc3)c3ccccc3-c3cc(F)c4c(c3)C(C)(C)C(C)(C)C4(C)C)ccc2-c2ccc(N(c3ccccc3)c3ccccc3-c3cc(F)c4c(c3)C(C)(C)C(C)(C)C4(C)C)cc21. The van der Waals surface area contributed by atoms with Crippen LogP contribution in [-0.2, 0) is 27.1 Å². The highest BCUT2D eigenvalue weighted by molar-refractivity contribution is 5.94. The van der Waals surface area contributed by atoms with Crippen molar-refractivity contribution in [2.45, 2.75) is 214 Å². The number of nitrogens with zero attached hydrogens (tertiary/aromatic N) is 2. The fourth-order valence-electron chi connectivity index (χ4n) is 16.3. The second-order valence-corrected chi connectivity index (χ2v) is 29.5. The molecule has 0 unspecified atom stereocenters. The summed E-state index contributed by atoms with van der Waals surface area (Å²) in [6, 6.07) is 61.9. The van der Waals surface area contributed by atoms with E-state index >= 15 is 8.78 Å². The average molecular weight is 1160 g/mol. The maximum absolute atomic E-state index is 17.2. The van der Waals surface area contributed by atoms with Crippen molar-refractivity contribution < 1.29 is 8.78 Å². The van der Waals surface area contributed by atoms with Crippen LogP contribution in [0.2, 0.25) is 0 Å². The Hall–Kier alpha value is -6.78. The Morgan fingerprint density at radius 2 is 0.655 bits per heavy atom. The predicted molar refractivity (Wildman–Crippen MR) is 368 cm³/mol. The lowest BCUT2D eigenvalue weighted by Gasteiger charge is -2.44. The number of benzene rings is 8. The van der Waals surface area contributed by atoms with Crippen LogP contribution in [0, 0.1) is 22.5 Å². The molecular formula is C83H98F2N2. The highest BCUT2D eigenvalue weighted by Gasteiger charge is 2.59. The van der Waals surface area contributed by atoms with Crippen LogP contribution in [0.15, 0.2) is 170 Å². The van der Waals surface area contributed by atoms with E-state index in [0.717, 1.165) is 104 Å². The van der Waals surface area contributed by atoms with Gasteiger partial charge in [-0.25, -0.2) is 8.78 Å². The summed E-state index contributed by atoms with van der Waals surface area (Å²) in [7, 11) is 0. The van der Waals surface area contributed by atoms with Crippen LogP contribution in [0.4, 0.5) is 42.9 Å². The van der Waals surface area contributed by atoms with Crippen LogP contribution in [0.1, 0.15) is 220 Å². The fourth-order valence-corrected chi connectivity index (χ4v) is 16.3. The van der Waals surface area contributed by atoms with Crippen molar-refractivity contribution >= 4 is 34.1 Å². The number of para-hydroxylation sites is 4. The summed E-state index contributed by atoms with van der Waals surface area (Å²) in [5, 5.41) is 0. The number of hydrogen-bond donors (Lipinski definition) is 0. The zero-order valence-electron chi connectivity index (χ0n) is 55.2. The third kappa shape index (κ3) is 10.2. The Labute approximate surface area is 522 Å². The van der Waals surface area contributed by atoms with Gasteiger partial charge in [-0.3, -0.25) is 0 Å². The highest BCUT2D eigenvalue weighted by atomic mass is 19.1. The molecule has 454 valence electrons. The molecule has 8 aromatic carbocycles. The van der Waals surface area contributed by atoms with E-state index in [1.807, 2.05) is 12.1 Å². The summed E-state index contributed by atoms with van der Waals surface area (Å²) in [5.74, 6) is -0.250. The summed E-state index contributed by atoms with van der Waals surface area (Å²) in [6.45, 7) is 31.9. The third-order valence-corrected chi connectivity index (χ3v) is 23.7. The quantitative estimate of drug-likeness (QED) is 0.0624. The molecule has 0 saturated heterocycles. The molecule has 0 fully saturated rings. The van der Waals surface area contributed by atoms with Crippen molar-refractivity contribution in [2.24, 2.45) is 10.8 Å². The normalized spacial score (nSPS) is 17.3. The highest BCUT2D eigenvalue weighted by Crippen LogP contribution is 2.65. The Morgan fingerprint density at radius 1 is 0.310 bits per heavy atom. The van der Waals surface area contributed by atoms with Crippen LogP contribution in [0.5, 0.6) is 0 Å². The lowest BCUT2D eigenvalue weighted by molar-refractivity contribution is 0.123. The average Bonchev–Trinajstić information content (AvgIpc) is 1.58. The molecule has 0 atom stereocenters. The van der Waals surface area contributed by atoms with E-state index in [4.69, 9.17) is 0 Å². The van der Waals surface area contributed by atoms with Crippen molar-refractivity contribution in [2.75, 3.05) is 9.80 Å². The molecule has 0 heterocycles. The van der Waals surface area contributed by atoms with E-state index in [1.165, 1.54) is 86.5 Å². The topological polar surface area (TPSA) is 6.48 Å². The number of fused-ring (bicyclic) bond motifs is 5.